The second-order valence-electron chi connectivity index (χ2n) is 10.3. The number of ether oxygens (including phenoxy) is 2. The van der Waals surface area contributed by atoms with Gasteiger partial charge in [-0.2, -0.15) is 0 Å². The highest BCUT2D eigenvalue weighted by Gasteiger charge is 2.78. The molecule has 7 aliphatic rings. The number of ketones is 1. The summed E-state index contributed by atoms with van der Waals surface area (Å²) >= 11 is 0. The van der Waals surface area contributed by atoms with E-state index in [1.807, 2.05) is 0 Å². The van der Waals surface area contributed by atoms with Crippen LogP contribution in [0.25, 0.3) is 0 Å². The Kier molecular flexibility index (Phi) is 2.49. The second kappa shape index (κ2) is 4.41. The zero-order valence-electron chi connectivity index (χ0n) is 15.2. The quantitative estimate of drug-likeness (QED) is 0.454. The molecule has 28 heavy (non-hydrogen) atoms. The number of esters is 4. The number of cyclic esters (lactones) is 4. The molecule has 2 spiro atoms. The maximum atomic E-state index is 14.0. The van der Waals surface area contributed by atoms with Crippen LogP contribution >= 0.6 is 0 Å². The van der Waals surface area contributed by atoms with Crippen molar-refractivity contribution in [2.45, 2.75) is 38.5 Å². The molecule has 0 radical (unpaired) electrons. The van der Waals surface area contributed by atoms with E-state index in [0.717, 1.165) is 25.7 Å². The molecule has 2 heterocycles. The Hall–Kier alpha value is -2.05. The van der Waals surface area contributed by atoms with Crippen LogP contribution in [0.4, 0.5) is 0 Å². The molecule has 0 aromatic carbocycles. The number of fused-ring (bicyclic) bond motifs is 12. The van der Waals surface area contributed by atoms with Crippen molar-refractivity contribution in [3.8, 4) is 0 Å². The summed E-state index contributed by atoms with van der Waals surface area (Å²) in [4.78, 5) is 62.8. The minimum atomic E-state index is -0.554. The third-order valence-corrected chi connectivity index (χ3v) is 9.85. The van der Waals surface area contributed by atoms with Crippen molar-refractivity contribution < 1.29 is 33.4 Å². The Bertz CT molecular complexity index is 850. The number of hydrogen-bond acceptors (Lipinski definition) is 7. The first-order valence-corrected chi connectivity index (χ1v) is 10.4. The molecule has 5 unspecified atom stereocenters. The third kappa shape index (κ3) is 1.40. The van der Waals surface area contributed by atoms with Crippen LogP contribution in [0, 0.1) is 58.2 Å². The minimum Gasteiger partial charge on any atom is -0.393 e. The lowest BCUT2D eigenvalue weighted by atomic mass is 9.58. The van der Waals surface area contributed by atoms with Gasteiger partial charge in [0.25, 0.3) is 0 Å². The average Bonchev–Trinajstić information content (AvgIpc) is 3.46. The highest BCUT2D eigenvalue weighted by Crippen LogP contribution is 2.75. The Labute approximate surface area is 160 Å². The molecule has 2 aliphatic heterocycles. The van der Waals surface area contributed by atoms with Gasteiger partial charge in [0.1, 0.15) is 5.78 Å². The number of rotatable bonds is 0. The smallest absolute Gasteiger partial charge is 0.317 e. The van der Waals surface area contributed by atoms with E-state index in [1.54, 1.807) is 0 Å². The van der Waals surface area contributed by atoms with Crippen LogP contribution in [0.5, 0.6) is 0 Å². The number of carbonyl (C=O) groups excluding carboxylic acids is 5. The van der Waals surface area contributed by atoms with Gasteiger partial charge in [0.2, 0.25) is 0 Å². The van der Waals surface area contributed by atoms with Gasteiger partial charge in [-0.15, -0.1) is 0 Å². The molecule has 0 N–H and O–H groups in total. The molecule has 7 nitrogen and oxygen atoms in total. The molecule has 146 valence electrons. The topological polar surface area (TPSA) is 104 Å². The zero-order chi connectivity index (χ0) is 19.2. The van der Waals surface area contributed by atoms with Crippen LogP contribution in [-0.2, 0) is 33.4 Å². The van der Waals surface area contributed by atoms with Gasteiger partial charge < -0.3 is 9.47 Å². The van der Waals surface area contributed by atoms with E-state index in [2.05, 4.69) is 0 Å². The summed E-state index contributed by atoms with van der Waals surface area (Å²) < 4.78 is 9.82. The largest absolute Gasteiger partial charge is 0.393 e. The number of hydrogen-bond donors (Lipinski definition) is 0. The summed E-state index contributed by atoms with van der Waals surface area (Å²) in [7, 11) is 0. The third-order valence-electron chi connectivity index (χ3n) is 9.85. The van der Waals surface area contributed by atoms with E-state index in [9.17, 15) is 24.0 Å². The maximum Gasteiger partial charge on any atom is 0.317 e. The van der Waals surface area contributed by atoms with Gasteiger partial charge in [0.05, 0.1) is 23.7 Å². The van der Waals surface area contributed by atoms with Crippen molar-refractivity contribution >= 4 is 29.7 Å². The van der Waals surface area contributed by atoms with Gasteiger partial charge >= 0.3 is 23.9 Å². The van der Waals surface area contributed by atoms with E-state index in [0.29, 0.717) is 12.8 Å². The molecule has 5 saturated carbocycles. The molecule has 7 rings (SSSR count). The first-order valence-electron chi connectivity index (χ1n) is 10.4. The predicted octanol–water partition coefficient (Wildman–Crippen LogP) is 1.03. The van der Waals surface area contributed by atoms with Crippen molar-refractivity contribution in [2.24, 2.45) is 58.2 Å². The monoisotopic (exact) mass is 384 g/mol. The van der Waals surface area contributed by atoms with Crippen LogP contribution in [0.3, 0.4) is 0 Å². The number of carbonyl (C=O) groups is 5. The van der Waals surface area contributed by atoms with Crippen LogP contribution in [0.1, 0.15) is 38.5 Å². The summed E-state index contributed by atoms with van der Waals surface area (Å²) in [6.45, 7) is 0. The summed E-state index contributed by atoms with van der Waals surface area (Å²) in [5.74, 6) is -3.28. The van der Waals surface area contributed by atoms with Crippen molar-refractivity contribution in [1.29, 1.82) is 0 Å². The Morgan fingerprint density at radius 2 is 1.00 bits per heavy atom. The van der Waals surface area contributed by atoms with Crippen LogP contribution in [0.2, 0.25) is 0 Å². The molecule has 0 amide bonds. The molecule has 7 heteroatoms. The standard InChI is InChI=1S/C21H20O7/c22-15-11-7-3-9(13(11)17(24)27-15)20(5-7)1-2-21(19(20)26)6-8-4-10(21)14-12(8)16(23)28-18(14)25/h7-14H,1-6H2/t7?,8?,9-,10?,11?,12+,13+,14?,20-,21+/m1/s1. The van der Waals surface area contributed by atoms with Gasteiger partial charge in [0.15, 0.2) is 0 Å². The molecule has 0 aromatic heterocycles. The zero-order valence-corrected chi connectivity index (χ0v) is 15.2. The first kappa shape index (κ1) is 15.8. The second-order valence-corrected chi connectivity index (χ2v) is 10.3. The molecular formula is C21H20O7. The summed E-state index contributed by atoms with van der Waals surface area (Å²) in [6, 6.07) is 0. The lowest BCUT2D eigenvalue weighted by Crippen LogP contribution is -2.48. The lowest BCUT2D eigenvalue weighted by Gasteiger charge is -2.41. The van der Waals surface area contributed by atoms with Crippen LogP contribution in [-0.4, -0.2) is 29.7 Å². The average molecular weight is 384 g/mol. The van der Waals surface area contributed by atoms with E-state index < -0.39 is 46.5 Å². The molecule has 10 atom stereocenters. The Morgan fingerprint density at radius 3 is 1.43 bits per heavy atom. The summed E-state index contributed by atoms with van der Waals surface area (Å²) in [5, 5.41) is 0. The highest BCUT2D eigenvalue weighted by molar-refractivity contribution is 6.02. The Morgan fingerprint density at radius 1 is 0.607 bits per heavy atom. The van der Waals surface area contributed by atoms with Gasteiger partial charge in [-0.05, 0) is 62.2 Å². The van der Waals surface area contributed by atoms with Crippen molar-refractivity contribution in [1.82, 2.24) is 0 Å². The van der Waals surface area contributed by atoms with E-state index in [1.165, 1.54) is 0 Å². The van der Waals surface area contributed by atoms with E-state index in [-0.39, 0.29) is 41.3 Å². The van der Waals surface area contributed by atoms with Crippen LogP contribution in [0.15, 0.2) is 0 Å². The summed E-state index contributed by atoms with van der Waals surface area (Å²) in [5.41, 5.74) is -1.11. The fraction of sp³-hybridized carbons (Fsp3) is 0.762. The predicted molar refractivity (Wildman–Crippen MR) is 87.7 cm³/mol. The first-order chi connectivity index (χ1) is 13.4. The van der Waals surface area contributed by atoms with Gasteiger partial charge in [-0.3, -0.25) is 24.0 Å². The van der Waals surface area contributed by atoms with Crippen molar-refractivity contribution in [3.63, 3.8) is 0 Å². The minimum absolute atomic E-state index is 0.0532. The molecule has 7 fully saturated rings. The molecule has 2 saturated heterocycles. The lowest BCUT2D eigenvalue weighted by molar-refractivity contribution is -0.156. The molecule has 0 aromatic rings. The normalized spacial score (nSPS) is 57.6. The van der Waals surface area contributed by atoms with Crippen molar-refractivity contribution in [3.05, 3.63) is 0 Å². The maximum absolute atomic E-state index is 14.0. The van der Waals surface area contributed by atoms with Gasteiger partial charge in [-0.1, -0.05) is 0 Å². The summed E-state index contributed by atoms with van der Waals surface area (Å²) in [6.07, 6.45) is 4.27. The fourth-order valence-corrected chi connectivity index (χ4v) is 9.16. The fourth-order valence-electron chi connectivity index (χ4n) is 9.16. The van der Waals surface area contributed by atoms with Gasteiger partial charge in [-0.25, -0.2) is 0 Å². The van der Waals surface area contributed by atoms with Gasteiger partial charge in [0, 0.05) is 10.8 Å². The molecule has 5 aliphatic carbocycles. The molecule has 4 bridgehead atoms. The van der Waals surface area contributed by atoms with Crippen LogP contribution < -0.4 is 0 Å². The SMILES string of the molecule is O=C1OC(=O)[C@H]2C3CC(C12)[C@]1(CC[C@]2(CC4C[C@@H]2[C@@H]2C(=O)OC(=O)C42)C1=O)C3. The van der Waals surface area contributed by atoms with E-state index in [4.69, 9.17) is 9.47 Å². The van der Waals surface area contributed by atoms with Crippen molar-refractivity contribution in [2.75, 3.05) is 0 Å². The highest BCUT2D eigenvalue weighted by atomic mass is 16.6. The van der Waals surface area contributed by atoms with E-state index >= 15 is 0 Å². The number of Topliss-reactive ketones (excluding diaryl/α,β-unsaturated/α-hetero) is 1. The molecular weight excluding hydrogens is 364 g/mol. The Balaban J connectivity index is 1.27.